The molecule has 5 aromatic rings. The molecule has 1 aliphatic heterocycles. The van der Waals surface area contributed by atoms with Gasteiger partial charge < -0.3 is 9.64 Å². The highest BCUT2D eigenvalue weighted by Crippen LogP contribution is 2.31. The molecule has 0 spiro atoms. The number of para-hydroxylation sites is 1. The second-order valence-corrected chi connectivity index (χ2v) is 8.46. The summed E-state index contributed by atoms with van der Waals surface area (Å²) in [6.07, 6.45) is 5.61. The van der Waals surface area contributed by atoms with Crippen molar-refractivity contribution < 1.29 is 9.66 Å². The number of fused-ring (bicyclic) bond motifs is 2. The maximum absolute atomic E-state index is 11.2. The number of anilines is 1. The number of imidazole rings is 1. The van der Waals surface area contributed by atoms with Crippen LogP contribution in [0.15, 0.2) is 72.9 Å². The molecule has 1 aliphatic rings. The Morgan fingerprint density at radius 3 is 2.53 bits per heavy atom. The van der Waals surface area contributed by atoms with Crippen LogP contribution in [0.25, 0.3) is 40.0 Å². The van der Waals surface area contributed by atoms with Crippen LogP contribution in [0.1, 0.15) is 11.4 Å². The number of benzene rings is 2. The first-order valence-corrected chi connectivity index (χ1v) is 11.7. The molecule has 9 heteroatoms. The normalized spacial score (nSPS) is 14.2. The number of aromatic nitrogens is 4. The summed E-state index contributed by atoms with van der Waals surface area (Å²) in [5.41, 5.74) is 5.69. The minimum Gasteiger partial charge on any atom is -0.378 e. The standard InChI is InChI=1S/C27H22N6O3/c34-33(35)22-10-6-20(7-11-22)26-24(12-9-21-8-5-19-3-1-2-4-23(19)29-21)30-27-25(13-14-28-32(26)27)31-15-17-36-18-16-31/h1-14H,15-18H2/b12-9+. The number of non-ortho nitro benzene ring substituents is 1. The summed E-state index contributed by atoms with van der Waals surface area (Å²) in [6, 6.07) is 20.4. The van der Waals surface area contributed by atoms with E-state index >= 15 is 0 Å². The smallest absolute Gasteiger partial charge is 0.269 e. The number of pyridine rings is 1. The van der Waals surface area contributed by atoms with Crippen LogP contribution in [0.5, 0.6) is 0 Å². The molecule has 0 saturated carbocycles. The van der Waals surface area contributed by atoms with Crippen LogP contribution < -0.4 is 4.90 Å². The molecule has 2 aromatic carbocycles. The second kappa shape index (κ2) is 9.20. The number of nitro groups is 1. The first-order valence-electron chi connectivity index (χ1n) is 11.7. The molecule has 0 N–H and O–H groups in total. The summed E-state index contributed by atoms with van der Waals surface area (Å²) in [4.78, 5) is 22.7. The van der Waals surface area contributed by atoms with Gasteiger partial charge in [0.25, 0.3) is 5.69 Å². The molecule has 0 bridgehead atoms. The Labute approximate surface area is 206 Å². The maximum Gasteiger partial charge on any atom is 0.269 e. The third-order valence-electron chi connectivity index (χ3n) is 6.26. The van der Waals surface area contributed by atoms with E-state index in [2.05, 4.69) is 10.00 Å². The second-order valence-electron chi connectivity index (χ2n) is 8.46. The Morgan fingerprint density at radius 1 is 0.917 bits per heavy atom. The predicted molar refractivity (Wildman–Crippen MR) is 139 cm³/mol. The number of rotatable bonds is 5. The van der Waals surface area contributed by atoms with Crippen molar-refractivity contribution in [1.29, 1.82) is 0 Å². The molecule has 1 saturated heterocycles. The van der Waals surface area contributed by atoms with Gasteiger partial charge in [-0.1, -0.05) is 24.3 Å². The fourth-order valence-corrected chi connectivity index (χ4v) is 4.47. The number of nitro benzene ring substituents is 1. The third-order valence-corrected chi connectivity index (χ3v) is 6.26. The monoisotopic (exact) mass is 478 g/mol. The van der Waals surface area contributed by atoms with E-state index in [0.717, 1.165) is 52.3 Å². The van der Waals surface area contributed by atoms with Crippen molar-refractivity contribution in [3.05, 3.63) is 94.4 Å². The van der Waals surface area contributed by atoms with E-state index in [9.17, 15) is 10.1 Å². The lowest BCUT2D eigenvalue weighted by Gasteiger charge is -2.28. The van der Waals surface area contributed by atoms with Crippen LogP contribution in [0.3, 0.4) is 0 Å². The number of nitrogens with zero attached hydrogens (tertiary/aromatic N) is 6. The molecule has 9 nitrogen and oxygen atoms in total. The lowest BCUT2D eigenvalue weighted by Crippen LogP contribution is -2.36. The Hall–Kier alpha value is -4.63. The molecule has 0 atom stereocenters. The maximum atomic E-state index is 11.2. The summed E-state index contributed by atoms with van der Waals surface area (Å²) in [5, 5.41) is 16.9. The molecule has 6 rings (SSSR count). The summed E-state index contributed by atoms with van der Waals surface area (Å²) < 4.78 is 7.33. The van der Waals surface area contributed by atoms with E-state index in [1.165, 1.54) is 12.1 Å². The average molecular weight is 479 g/mol. The van der Waals surface area contributed by atoms with Gasteiger partial charge in [-0.3, -0.25) is 10.1 Å². The van der Waals surface area contributed by atoms with Crippen molar-refractivity contribution >= 4 is 40.1 Å². The van der Waals surface area contributed by atoms with Gasteiger partial charge in [0.05, 0.1) is 46.9 Å². The van der Waals surface area contributed by atoms with Gasteiger partial charge in [0.15, 0.2) is 5.65 Å². The Kier molecular flexibility index (Phi) is 5.59. The van der Waals surface area contributed by atoms with E-state index in [1.807, 2.05) is 54.6 Å². The quantitative estimate of drug-likeness (QED) is 0.263. The summed E-state index contributed by atoms with van der Waals surface area (Å²) in [7, 11) is 0. The van der Waals surface area contributed by atoms with Gasteiger partial charge in [-0.15, -0.1) is 0 Å². The van der Waals surface area contributed by atoms with Gasteiger partial charge >= 0.3 is 0 Å². The van der Waals surface area contributed by atoms with Crippen LogP contribution in [0.2, 0.25) is 0 Å². The largest absolute Gasteiger partial charge is 0.378 e. The zero-order chi connectivity index (χ0) is 24.5. The third kappa shape index (κ3) is 4.05. The molecular weight excluding hydrogens is 456 g/mol. The molecule has 0 unspecified atom stereocenters. The molecule has 0 radical (unpaired) electrons. The summed E-state index contributed by atoms with van der Waals surface area (Å²) in [5.74, 6) is 0. The molecule has 0 aliphatic carbocycles. The van der Waals surface area contributed by atoms with Crippen molar-refractivity contribution in [2.75, 3.05) is 31.2 Å². The van der Waals surface area contributed by atoms with Crippen LogP contribution in [-0.2, 0) is 4.74 Å². The van der Waals surface area contributed by atoms with Gasteiger partial charge in [-0.2, -0.15) is 5.10 Å². The number of hydrogen-bond acceptors (Lipinski definition) is 7. The zero-order valence-corrected chi connectivity index (χ0v) is 19.3. The topological polar surface area (TPSA) is 98.7 Å². The van der Waals surface area contributed by atoms with Gasteiger partial charge in [0.1, 0.15) is 5.69 Å². The molecule has 1 fully saturated rings. The molecular formula is C27H22N6O3. The van der Waals surface area contributed by atoms with Crippen molar-refractivity contribution in [3.63, 3.8) is 0 Å². The minimum atomic E-state index is -0.404. The van der Waals surface area contributed by atoms with E-state index < -0.39 is 4.92 Å². The SMILES string of the molecule is O=[N+]([O-])c1ccc(-c2c(/C=C/c3ccc4ccccc4n3)nc3c(N4CCOCC4)ccnn23)cc1. The molecule has 4 heterocycles. The van der Waals surface area contributed by atoms with Gasteiger partial charge in [-0.05, 0) is 42.5 Å². The molecule has 178 valence electrons. The summed E-state index contributed by atoms with van der Waals surface area (Å²) >= 11 is 0. The van der Waals surface area contributed by atoms with Crippen LogP contribution in [0.4, 0.5) is 11.4 Å². The van der Waals surface area contributed by atoms with Crippen LogP contribution in [0, 0.1) is 10.1 Å². The molecule has 0 amide bonds. The molecule has 36 heavy (non-hydrogen) atoms. The highest BCUT2D eigenvalue weighted by Gasteiger charge is 2.21. The Bertz CT molecular complexity index is 1600. The number of morpholine rings is 1. The number of hydrogen-bond donors (Lipinski definition) is 0. The van der Waals surface area contributed by atoms with Crippen LogP contribution in [-0.4, -0.2) is 50.8 Å². The fourth-order valence-electron chi connectivity index (χ4n) is 4.47. The highest BCUT2D eigenvalue weighted by atomic mass is 16.6. The Morgan fingerprint density at radius 2 is 1.72 bits per heavy atom. The zero-order valence-electron chi connectivity index (χ0n) is 19.3. The van der Waals surface area contributed by atoms with E-state index in [4.69, 9.17) is 14.7 Å². The van der Waals surface area contributed by atoms with E-state index in [0.29, 0.717) is 18.9 Å². The molecule has 3 aromatic heterocycles. The lowest BCUT2D eigenvalue weighted by molar-refractivity contribution is -0.384. The lowest BCUT2D eigenvalue weighted by atomic mass is 10.1. The Balaban J connectivity index is 1.48. The summed E-state index contributed by atoms with van der Waals surface area (Å²) in [6.45, 7) is 2.85. The van der Waals surface area contributed by atoms with Gasteiger partial charge in [0, 0.05) is 36.2 Å². The highest BCUT2D eigenvalue weighted by molar-refractivity contribution is 5.84. The van der Waals surface area contributed by atoms with Crippen LogP contribution >= 0.6 is 0 Å². The average Bonchev–Trinajstić information content (AvgIpc) is 3.31. The van der Waals surface area contributed by atoms with Crippen molar-refractivity contribution in [2.24, 2.45) is 0 Å². The van der Waals surface area contributed by atoms with Crippen molar-refractivity contribution in [1.82, 2.24) is 19.6 Å². The van der Waals surface area contributed by atoms with Gasteiger partial charge in [0.2, 0.25) is 0 Å². The van der Waals surface area contributed by atoms with E-state index in [1.54, 1.807) is 22.8 Å². The number of ether oxygens (including phenoxy) is 1. The van der Waals surface area contributed by atoms with Crippen molar-refractivity contribution in [2.45, 2.75) is 0 Å². The fraction of sp³-hybridized carbons (Fsp3) is 0.148. The minimum absolute atomic E-state index is 0.0343. The first kappa shape index (κ1) is 21.9. The predicted octanol–water partition coefficient (Wildman–Crippen LogP) is 4.86. The first-order chi connectivity index (χ1) is 17.7. The van der Waals surface area contributed by atoms with Crippen molar-refractivity contribution in [3.8, 4) is 11.3 Å². The van der Waals surface area contributed by atoms with E-state index in [-0.39, 0.29) is 5.69 Å². The van der Waals surface area contributed by atoms with Gasteiger partial charge in [-0.25, -0.2) is 14.5 Å².